The fraction of sp³-hybridized carbons (Fsp3) is 0. The number of nitrogens with zero attached hydrogens (tertiary/aromatic N) is 2. The van der Waals surface area contributed by atoms with Crippen LogP contribution in [0.2, 0.25) is 5.02 Å². The van der Waals surface area contributed by atoms with Gasteiger partial charge in [0.25, 0.3) is 11.6 Å². The third-order valence-electron chi connectivity index (χ3n) is 3.44. The first-order valence-corrected chi connectivity index (χ1v) is 9.38. The van der Waals surface area contributed by atoms with Crippen molar-refractivity contribution in [2.75, 3.05) is 4.90 Å². The molecular formula is C16H8BrClN2O4S2. The molecule has 1 aliphatic rings. The molecular weight excluding hydrogens is 464 g/mol. The smallest absolute Gasteiger partial charge is 0.271 e. The van der Waals surface area contributed by atoms with Crippen LogP contribution < -0.4 is 4.90 Å². The van der Waals surface area contributed by atoms with Crippen LogP contribution in [-0.4, -0.2) is 20.3 Å². The Labute approximate surface area is 170 Å². The quantitative estimate of drug-likeness (QED) is 0.289. The van der Waals surface area contributed by atoms with Gasteiger partial charge in [0.05, 0.1) is 20.0 Å². The van der Waals surface area contributed by atoms with E-state index in [9.17, 15) is 20.0 Å². The van der Waals surface area contributed by atoms with Crippen LogP contribution in [0.25, 0.3) is 6.08 Å². The number of phenols is 1. The number of nitro benzene ring substituents is 1. The summed E-state index contributed by atoms with van der Waals surface area (Å²) in [5.74, 6) is -0.604. The molecule has 1 saturated heterocycles. The van der Waals surface area contributed by atoms with Gasteiger partial charge in [-0.05, 0) is 40.2 Å². The number of anilines is 1. The van der Waals surface area contributed by atoms with Gasteiger partial charge in [0, 0.05) is 22.7 Å². The average molecular weight is 472 g/mol. The van der Waals surface area contributed by atoms with Gasteiger partial charge in [-0.2, -0.15) is 0 Å². The average Bonchev–Trinajstić information content (AvgIpc) is 2.85. The van der Waals surface area contributed by atoms with Crippen molar-refractivity contribution >= 4 is 79.2 Å². The van der Waals surface area contributed by atoms with Crippen LogP contribution in [0.4, 0.5) is 11.4 Å². The molecule has 0 atom stereocenters. The molecule has 0 radical (unpaired) electrons. The monoisotopic (exact) mass is 470 g/mol. The summed E-state index contributed by atoms with van der Waals surface area (Å²) in [6.07, 6.45) is 1.37. The minimum absolute atomic E-state index is 0.137. The van der Waals surface area contributed by atoms with Gasteiger partial charge in [0.15, 0.2) is 4.32 Å². The van der Waals surface area contributed by atoms with Gasteiger partial charge in [-0.25, -0.2) is 0 Å². The molecule has 0 aromatic heterocycles. The maximum atomic E-state index is 12.7. The summed E-state index contributed by atoms with van der Waals surface area (Å²) < 4.78 is 0.454. The van der Waals surface area contributed by atoms with Gasteiger partial charge >= 0.3 is 0 Å². The molecule has 1 amide bonds. The lowest BCUT2D eigenvalue weighted by atomic mass is 10.1. The van der Waals surface area contributed by atoms with E-state index in [4.69, 9.17) is 23.8 Å². The predicted molar refractivity (Wildman–Crippen MR) is 110 cm³/mol. The van der Waals surface area contributed by atoms with Gasteiger partial charge in [-0.3, -0.25) is 19.8 Å². The maximum Gasteiger partial charge on any atom is 0.271 e. The molecule has 1 aliphatic heterocycles. The lowest BCUT2D eigenvalue weighted by Gasteiger charge is -2.14. The summed E-state index contributed by atoms with van der Waals surface area (Å²) >= 11 is 15.3. The largest absolute Gasteiger partial charge is 0.506 e. The molecule has 3 rings (SSSR count). The Morgan fingerprint density at radius 2 is 2.08 bits per heavy atom. The van der Waals surface area contributed by atoms with Crippen molar-refractivity contribution < 1.29 is 14.8 Å². The van der Waals surface area contributed by atoms with E-state index in [0.717, 1.165) is 11.8 Å². The summed E-state index contributed by atoms with van der Waals surface area (Å²) in [6.45, 7) is 0. The minimum Gasteiger partial charge on any atom is -0.506 e. The van der Waals surface area contributed by atoms with Crippen LogP contribution in [0.15, 0.2) is 45.8 Å². The first kappa shape index (κ1) is 18.8. The number of non-ortho nitro benzene ring substituents is 1. The van der Waals surface area contributed by atoms with Gasteiger partial charge < -0.3 is 5.11 Å². The van der Waals surface area contributed by atoms with E-state index in [2.05, 4.69) is 15.9 Å². The topological polar surface area (TPSA) is 83.7 Å². The number of phenolic OH excluding ortho intramolecular Hbond substituents is 1. The lowest BCUT2D eigenvalue weighted by Crippen LogP contribution is -2.27. The van der Waals surface area contributed by atoms with E-state index in [-0.39, 0.29) is 26.4 Å². The Hall–Kier alpha value is -1.94. The standard InChI is InChI=1S/C16H8BrClN2O4S2/c17-12-7-11(20(23)24)4-8(14(12)21)5-13-15(22)19(16(25)26-13)10-3-1-2-9(18)6-10/h1-7,21H/b13-5+. The maximum absolute atomic E-state index is 12.7. The van der Waals surface area contributed by atoms with E-state index in [1.807, 2.05) is 0 Å². The Morgan fingerprint density at radius 1 is 1.35 bits per heavy atom. The van der Waals surface area contributed by atoms with E-state index in [1.54, 1.807) is 24.3 Å². The van der Waals surface area contributed by atoms with Crippen molar-refractivity contribution in [3.8, 4) is 5.75 Å². The van der Waals surface area contributed by atoms with Crippen molar-refractivity contribution in [2.45, 2.75) is 0 Å². The molecule has 10 heteroatoms. The number of halogens is 2. The van der Waals surface area contributed by atoms with Crippen molar-refractivity contribution in [3.63, 3.8) is 0 Å². The summed E-state index contributed by atoms with van der Waals surface area (Å²) in [6, 6.07) is 9.05. The van der Waals surface area contributed by atoms with Crippen LogP contribution >= 0.6 is 51.5 Å². The van der Waals surface area contributed by atoms with Crippen LogP contribution in [0.5, 0.6) is 5.75 Å². The molecule has 2 aromatic carbocycles. The van der Waals surface area contributed by atoms with Crippen LogP contribution in [0.1, 0.15) is 5.56 Å². The number of hydrogen-bond donors (Lipinski definition) is 1. The number of carbonyl (C=O) groups excluding carboxylic acids is 1. The summed E-state index contributed by atoms with van der Waals surface area (Å²) in [5.41, 5.74) is 0.441. The van der Waals surface area contributed by atoms with Gasteiger partial charge in [-0.15, -0.1) is 0 Å². The second-order valence-corrected chi connectivity index (χ2v) is 8.09. The first-order valence-electron chi connectivity index (χ1n) is 6.98. The molecule has 0 bridgehead atoms. The Morgan fingerprint density at radius 3 is 2.73 bits per heavy atom. The highest BCUT2D eigenvalue weighted by molar-refractivity contribution is 9.10. The van der Waals surface area contributed by atoms with Crippen LogP contribution in [0, 0.1) is 10.1 Å². The summed E-state index contributed by atoms with van der Waals surface area (Å²) in [5, 5.41) is 21.6. The van der Waals surface area contributed by atoms with Crippen molar-refractivity contribution in [3.05, 3.63) is 66.5 Å². The minimum atomic E-state index is -0.585. The van der Waals surface area contributed by atoms with Crippen molar-refractivity contribution in [1.29, 1.82) is 0 Å². The van der Waals surface area contributed by atoms with E-state index in [0.29, 0.717) is 15.0 Å². The Kier molecular flexibility index (Phi) is 5.33. The van der Waals surface area contributed by atoms with Gasteiger partial charge in [-0.1, -0.05) is 41.6 Å². The van der Waals surface area contributed by atoms with Crippen LogP contribution in [0.3, 0.4) is 0 Å². The number of aromatic hydroxyl groups is 1. The molecule has 0 spiro atoms. The zero-order valence-corrected chi connectivity index (χ0v) is 16.7. The summed E-state index contributed by atoms with van der Waals surface area (Å²) in [7, 11) is 0. The predicted octanol–water partition coefficient (Wildman–Crippen LogP) is 5.12. The zero-order valence-electron chi connectivity index (χ0n) is 12.7. The van der Waals surface area contributed by atoms with Gasteiger partial charge in [0.2, 0.25) is 0 Å². The van der Waals surface area contributed by atoms with E-state index in [1.165, 1.54) is 23.1 Å². The number of thiocarbonyl (C=S) groups is 1. The Balaban J connectivity index is 2.02. The second kappa shape index (κ2) is 7.36. The highest BCUT2D eigenvalue weighted by Crippen LogP contribution is 2.39. The number of amides is 1. The van der Waals surface area contributed by atoms with E-state index >= 15 is 0 Å². The molecule has 132 valence electrons. The lowest BCUT2D eigenvalue weighted by molar-refractivity contribution is -0.385. The number of thioether (sulfide) groups is 1. The normalized spacial score (nSPS) is 15.8. The molecule has 26 heavy (non-hydrogen) atoms. The van der Waals surface area contributed by atoms with Crippen molar-refractivity contribution in [2.24, 2.45) is 0 Å². The number of nitro groups is 1. The molecule has 1 fully saturated rings. The highest BCUT2D eigenvalue weighted by Gasteiger charge is 2.33. The van der Waals surface area contributed by atoms with Gasteiger partial charge in [0.1, 0.15) is 5.75 Å². The zero-order chi connectivity index (χ0) is 19.0. The molecule has 0 unspecified atom stereocenters. The fourth-order valence-electron chi connectivity index (χ4n) is 2.27. The molecule has 1 heterocycles. The molecule has 0 saturated carbocycles. The summed E-state index contributed by atoms with van der Waals surface area (Å²) in [4.78, 5) is 24.7. The molecule has 6 nitrogen and oxygen atoms in total. The van der Waals surface area contributed by atoms with Crippen LogP contribution in [-0.2, 0) is 4.79 Å². The SMILES string of the molecule is O=C1/C(=C\c2cc([N+](=O)[O-])cc(Br)c2O)SC(=S)N1c1cccc(Cl)c1. The number of hydrogen-bond acceptors (Lipinski definition) is 6. The third-order valence-corrected chi connectivity index (χ3v) is 5.58. The molecule has 1 N–H and O–H groups in total. The highest BCUT2D eigenvalue weighted by atomic mass is 79.9. The fourth-order valence-corrected chi connectivity index (χ4v) is 4.21. The second-order valence-electron chi connectivity index (χ2n) is 5.12. The van der Waals surface area contributed by atoms with Crippen molar-refractivity contribution in [1.82, 2.24) is 0 Å². The molecule has 0 aliphatic carbocycles. The Bertz CT molecular complexity index is 996. The first-order chi connectivity index (χ1) is 12.3. The number of rotatable bonds is 3. The third kappa shape index (κ3) is 3.61. The number of benzene rings is 2. The molecule has 2 aromatic rings. The van der Waals surface area contributed by atoms with E-state index < -0.39 is 10.8 Å². The number of carbonyl (C=O) groups is 1.